The molecule has 0 atom stereocenters. The summed E-state index contributed by atoms with van der Waals surface area (Å²) >= 11 is 0. The Morgan fingerprint density at radius 2 is 1.85 bits per heavy atom. The minimum Gasteiger partial charge on any atom is -0.469 e. The molecule has 0 N–H and O–H groups in total. The first-order chi connectivity index (χ1) is 9.43. The average Bonchev–Trinajstić information content (AvgIpc) is 2.45. The van der Waals surface area contributed by atoms with Crippen molar-refractivity contribution in [3.63, 3.8) is 0 Å². The summed E-state index contributed by atoms with van der Waals surface area (Å²) in [5, 5.41) is 0. The van der Waals surface area contributed by atoms with E-state index < -0.39 is 16.2 Å². The second-order valence-corrected chi connectivity index (χ2v) is 7.14. The van der Waals surface area contributed by atoms with Crippen LogP contribution in [-0.4, -0.2) is 56.3 Å². The first kappa shape index (κ1) is 17.4. The van der Waals surface area contributed by atoms with Gasteiger partial charge in [-0.2, -0.15) is 17.0 Å². The molecule has 0 bridgehead atoms. The van der Waals surface area contributed by atoms with Crippen LogP contribution in [0.1, 0.15) is 45.4 Å². The SMILES string of the molecule is CCN(C1CCCCC1)S(=O)(=O)N(C)CCC(=O)OC. The Bertz CT molecular complexity index is 405. The zero-order valence-electron chi connectivity index (χ0n) is 12.7. The summed E-state index contributed by atoms with van der Waals surface area (Å²) in [7, 11) is -0.675. The van der Waals surface area contributed by atoms with Crippen LogP contribution in [-0.2, 0) is 19.7 Å². The molecular formula is C13H26N2O4S. The number of hydrogen-bond acceptors (Lipinski definition) is 4. The number of nitrogens with zero attached hydrogens (tertiary/aromatic N) is 2. The van der Waals surface area contributed by atoms with E-state index in [2.05, 4.69) is 4.74 Å². The standard InChI is InChI=1S/C13H26N2O4S/c1-4-15(12-8-6-5-7-9-12)20(17,18)14(2)11-10-13(16)19-3/h12H,4-11H2,1-3H3. The molecule has 0 radical (unpaired) electrons. The monoisotopic (exact) mass is 306 g/mol. The Morgan fingerprint density at radius 1 is 1.25 bits per heavy atom. The largest absolute Gasteiger partial charge is 0.469 e. The van der Waals surface area contributed by atoms with E-state index in [4.69, 9.17) is 0 Å². The van der Waals surface area contributed by atoms with Gasteiger partial charge < -0.3 is 4.74 Å². The van der Waals surface area contributed by atoms with E-state index in [0.717, 1.165) is 25.7 Å². The number of rotatable bonds is 7. The minimum atomic E-state index is -3.50. The number of carbonyl (C=O) groups is 1. The van der Waals surface area contributed by atoms with Crippen molar-refractivity contribution >= 4 is 16.2 Å². The van der Waals surface area contributed by atoms with Crippen molar-refractivity contribution in [2.24, 2.45) is 0 Å². The quantitative estimate of drug-likeness (QED) is 0.667. The summed E-state index contributed by atoms with van der Waals surface area (Å²) in [4.78, 5) is 11.1. The van der Waals surface area contributed by atoms with Crippen LogP contribution in [0.4, 0.5) is 0 Å². The van der Waals surface area contributed by atoms with Gasteiger partial charge in [0.2, 0.25) is 0 Å². The van der Waals surface area contributed by atoms with E-state index in [9.17, 15) is 13.2 Å². The molecule has 0 unspecified atom stereocenters. The lowest BCUT2D eigenvalue weighted by atomic mass is 9.95. The molecule has 20 heavy (non-hydrogen) atoms. The van der Waals surface area contributed by atoms with Crippen LogP contribution in [0.15, 0.2) is 0 Å². The maximum Gasteiger partial charge on any atom is 0.306 e. The van der Waals surface area contributed by atoms with Crippen molar-refractivity contribution in [1.29, 1.82) is 0 Å². The Kier molecular flexibility index (Phi) is 6.91. The highest BCUT2D eigenvalue weighted by atomic mass is 32.2. The maximum atomic E-state index is 12.6. The minimum absolute atomic E-state index is 0.0778. The topological polar surface area (TPSA) is 66.9 Å². The van der Waals surface area contributed by atoms with Crippen molar-refractivity contribution in [1.82, 2.24) is 8.61 Å². The average molecular weight is 306 g/mol. The first-order valence-electron chi connectivity index (χ1n) is 7.23. The molecule has 7 heteroatoms. The molecule has 0 heterocycles. The van der Waals surface area contributed by atoms with Crippen LogP contribution in [0.25, 0.3) is 0 Å². The highest BCUT2D eigenvalue weighted by Gasteiger charge is 2.32. The summed E-state index contributed by atoms with van der Waals surface area (Å²) in [5.74, 6) is -0.396. The molecule has 0 aromatic rings. The molecule has 1 fully saturated rings. The molecule has 0 aliphatic heterocycles. The van der Waals surface area contributed by atoms with Gasteiger partial charge in [0.15, 0.2) is 0 Å². The van der Waals surface area contributed by atoms with Gasteiger partial charge in [-0.1, -0.05) is 26.2 Å². The normalized spacial score (nSPS) is 17.6. The van der Waals surface area contributed by atoms with Crippen molar-refractivity contribution in [2.75, 3.05) is 27.2 Å². The van der Waals surface area contributed by atoms with Crippen LogP contribution in [0.5, 0.6) is 0 Å². The molecule has 118 valence electrons. The summed E-state index contributed by atoms with van der Waals surface area (Å²) in [6.45, 7) is 2.48. The van der Waals surface area contributed by atoms with Gasteiger partial charge in [0.25, 0.3) is 10.2 Å². The zero-order valence-corrected chi connectivity index (χ0v) is 13.5. The number of carbonyl (C=O) groups excluding carboxylic acids is 1. The van der Waals surface area contributed by atoms with Gasteiger partial charge in [0.05, 0.1) is 13.5 Å². The third kappa shape index (κ3) is 4.43. The molecular weight excluding hydrogens is 280 g/mol. The number of ether oxygens (including phenoxy) is 1. The smallest absolute Gasteiger partial charge is 0.306 e. The van der Waals surface area contributed by atoms with Gasteiger partial charge in [0.1, 0.15) is 0 Å². The molecule has 1 rings (SSSR count). The lowest BCUT2D eigenvalue weighted by Crippen LogP contribution is -2.48. The predicted molar refractivity (Wildman–Crippen MR) is 77.4 cm³/mol. The van der Waals surface area contributed by atoms with E-state index in [1.165, 1.54) is 24.9 Å². The Hall–Kier alpha value is -0.660. The summed E-state index contributed by atoms with van der Waals surface area (Å²) in [6.07, 6.45) is 5.29. The summed E-state index contributed by atoms with van der Waals surface area (Å²) in [6, 6.07) is 0.0966. The molecule has 1 aliphatic rings. The van der Waals surface area contributed by atoms with E-state index >= 15 is 0 Å². The molecule has 0 saturated heterocycles. The Morgan fingerprint density at radius 3 is 2.35 bits per heavy atom. The lowest BCUT2D eigenvalue weighted by molar-refractivity contribution is -0.140. The zero-order chi connectivity index (χ0) is 15.2. The van der Waals surface area contributed by atoms with Crippen LogP contribution in [0.2, 0.25) is 0 Å². The van der Waals surface area contributed by atoms with Gasteiger partial charge in [-0.15, -0.1) is 0 Å². The van der Waals surface area contributed by atoms with Gasteiger partial charge in [0, 0.05) is 26.2 Å². The molecule has 1 aliphatic carbocycles. The van der Waals surface area contributed by atoms with Crippen molar-refractivity contribution in [3.8, 4) is 0 Å². The van der Waals surface area contributed by atoms with Crippen LogP contribution < -0.4 is 0 Å². The number of esters is 1. The molecule has 6 nitrogen and oxygen atoms in total. The third-order valence-electron chi connectivity index (χ3n) is 3.84. The molecule has 0 aromatic carbocycles. The van der Waals surface area contributed by atoms with Crippen molar-refractivity contribution < 1.29 is 17.9 Å². The number of methoxy groups -OCH3 is 1. The second-order valence-electron chi connectivity index (χ2n) is 5.15. The van der Waals surface area contributed by atoms with Gasteiger partial charge in [-0.05, 0) is 12.8 Å². The fraction of sp³-hybridized carbons (Fsp3) is 0.923. The Labute approximate surface area is 122 Å². The van der Waals surface area contributed by atoms with E-state index in [0.29, 0.717) is 6.54 Å². The molecule has 1 saturated carbocycles. The predicted octanol–water partition coefficient (Wildman–Crippen LogP) is 1.38. The van der Waals surface area contributed by atoms with E-state index in [1.807, 2.05) is 6.92 Å². The third-order valence-corrected chi connectivity index (χ3v) is 5.96. The highest BCUT2D eigenvalue weighted by molar-refractivity contribution is 7.86. The molecule has 0 amide bonds. The highest BCUT2D eigenvalue weighted by Crippen LogP contribution is 2.25. The van der Waals surface area contributed by atoms with E-state index in [1.54, 1.807) is 4.31 Å². The van der Waals surface area contributed by atoms with Crippen molar-refractivity contribution in [2.45, 2.75) is 51.5 Å². The maximum absolute atomic E-state index is 12.6. The summed E-state index contributed by atoms with van der Waals surface area (Å²) < 4.78 is 32.5. The lowest BCUT2D eigenvalue weighted by Gasteiger charge is -2.35. The van der Waals surface area contributed by atoms with Crippen LogP contribution >= 0.6 is 0 Å². The van der Waals surface area contributed by atoms with E-state index in [-0.39, 0.29) is 19.0 Å². The number of hydrogen-bond donors (Lipinski definition) is 0. The van der Waals surface area contributed by atoms with Gasteiger partial charge >= 0.3 is 5.97 Å². The van der Waals surface area contributed by atoms with Crippen LogP contribution in [0, 0.1) is 0 Å². The first-order valence-corrected chi connectivity index (χ1v) is 8.63. The van der Waals surface area contributed by atoms with Crippen molar-refractivity contribution in [3.05, 3.63) is 0 Å². The molecule has 0 aromatic heterocycles. The fourth-order valence-electron chi connectivity index (χ4n) is 2.62. The second kappa shape index (κ2) is 7.95. The van der Waals surface area contributed by atoms with Crippen LogP contribution in [0.3, 0.4) is 0 Å². The van der Waals surface area contributed by atoms with Gasteiger partial charge in [-0.25, -0.2) is 0 Å². The summed E-state index contributed by atoms with van der Waals surface area (Å²) in [5.41, 5.74) is 0. The van der Waals surface area contributed by atoms with Gasteiger partial charge in [-0.3, -0.25) is 4.79 Å². The molecule has 0 spiro atoms. The fourth-order valence-corrected chi connectivity index (χ4v) is 4.22. The Balaban J connectivity index is 2.69.